The number of rotatable bonds is 8. The number of thiazole rings is 1. The van der Waals surface area contributed by atoms with Crippen LogP contribution in [0.1, 0.15) is 30.5 Å². The van der Waals surface area contributed by atoms with Crippen molar-refractivity contribution in [3.8, 4) is 0 Å². The Balaban J connectivity index is 0.00000361. The number of hydrogen-bond donors (Lipinski definition) is 2. The smallest absolute Gasteiger partial charge is 0.191 e. The molecule has 0 unspecified atom stereocenters. The number of nitrogens with zero attached hydrogens (tertiary/aromatic N) is 2. The second kappa shape index (κ2) is 12.1. The van der Waals surface area contributed by atoms with Crippen LogP contribution in [0.4, 0.5) is 0 Å². The fourth-order valence-corrected chi connectivity index (χ4v) is 2.43. The lowest BCUT2D eigenvalue weighted by atomic mass is 10.2. The summed E-state index contributed by atoms with van der Waals surface area (Å²) in [5.74, 6) is 0.868. The standard InChI is InChI=1S/C14H24N4S.HI/c1-4-9-16-14(15-5-2)17-10-7-6-8-13-18-12(3)11-19-13;/h4,11H,1,5-10H2,2-3H3,(H2,15,16,17);1H. The third-order valence-corrected chi connectivity index (χ3v) is 3.52. The van der Waals surface area contributed by atoms with E-state index >= 15 is 0 Å². The van der Waals surface area contributed by atoms with Gasteiger partial charge in [-0.1, -0.05) is 6.08 Å². The molecule has 20 heavy (non-hydrogen) atoms. The lowest BCUT2D eigenvalue weighted by Gasteiger charge is -2.09. The van der Waals surface area contributed by atoms with E-state index < -0.39 is 0 Å². The molecule has 0 saturated heterocycles. The topological polar surface area (TPSA) is 49.3 Å². The molecule has 1 rings (SSSR count). The van der Waals surface area contributed by atoms with Gasteiger partial charge in [-0.3, -0.25) is 4.99 Å². The van der Waals surface area contributed by atoms with Crippen molar-refractivity contribution in [3.05, 3.63) is 28.7 Å². The Morgan fingerprint density at radius 2 is 2.25 bits per heavy atom. The highest BCUT2D eigenvalue weighted by molar-refractivity contribution is 14.0. The van der Waals surface area contributed by atoms with Crippen molar-refractivity contribution in [1.29, 1.82) is 0 Å². The molecule has 1 aromatic rings. The van der Waals surface area contributed by atoms with E-state index in [4.69, 9.17) is 0 Å². The molecule has 0 aromatic carbocycles. The summed E-state index contributed by atoms with van der Waals surface area (Å²) < 4.78 is 0. The second-order valence-corrected chi connectivity index (χ2v) is 5.21. The Bertz CT molecular complexity index is 404. The second-order valence-electron chi connectivity index (χ2n) is 4.27. The zero-order valence-corrected chi connectivity index (χ0v) is 15.5. The van der Waals surface area contributed by atoms with Gasteiger partial charge in [0.2, 0.25) is 0 Å². The van der Waals surface area contributed by atoms with E-state index in [9.17, 15) is 0 Å². The first-order valence-corrected chi connectivity index (χ1v) is 7.68. The quantitative estimate of drug-likeness (QED) is 0.229. The molecular formula is C14H25IN4S. The van der Waals surface area contributed by atoms with E-state index in [1.54, 1.807) is 11.3 Å². The van der Waals surface area contributed by atoms with Gasteiger partial charge < -0.3 is 10.6 Å². The van der Waals surface area contributed by atoms with Crippen LogP contribution >= 0.6 is 35.3 Å². The molecule has 0 atom stereocenters. The fourth-order valence-electron chi connectivity index (χ4n) is 1.61. The third kappa shape index (κ3) is 8.52. The summed E-state index contributed by atoms with van der Waals surface area (Å²) in [6.07, 6.45) is 5.11. The Kier molecular flexibility index (Phi) is 11.8. The van der Waals surface area contributed by atoms with Crippen LogP contribution in [0.25, 0.3) is 0 Å². The number of halogens is 1. The normalized spacial score (nSPS) is 10.8. The third-order valence-electron chi connectivity index (χ3n) is 2.49. The van der Waals surface area contributed by atoms with Gasteiger partial charge in [0, 0.05) is 30.7 Å². The van der Waals surface area contributed by atoms with E-state index in [1.807, 2.05) is 13.0 Å². The molecule has 0 radical (unpaired) electrons. The summed E-state index contributed by atoms with van der Waals surface area (Å²) in [6.45, 7) is 10.3. The molecule has 4 nitrogen and oxygen atoms in total. The highest BCUT2D eigenvalue weighted by atomic mass is 127. The molecule has 0 bridgehead atoms. The first-order chi connectivity index (χ1) is 9.26. The van der Waals surface area contributed by atoms with Gasteiger partial charge in [-0.05, 0) is 33.1 Å². The minimum absolute atomic E-state index is 0. The van der Waals surface area contributed by atoms with Crippen molar-refractivity contribution in [3.63, 3.8) is 0 Å². The Morgan fingerprint density at radius 1 is 1.45 bits per heavy atom. The molecule has 2 N–H and O–H groups in total. The van der Waals surface area contributed by atoms with E-state index in [0.717, 1.165) is 50.6 Å². The van der Waals surface area contributed by atoms with Crippen molar-refractivity contribution in [2.75, 3.05) is 19.6 Å². The van der Waals surface area contributed by atoms with Crippen LogP contribution in [0.5, 0.6) is 0 Å². The van der Waals surface area contributed by atoms with Crippen molar-refractivity contribution >= 4 is 41.3 Å². The van der Waals surface area contributed by atoms with Gasteiger partial charge in [-0.15, -0.1) is 41.9 Å². The predicted molar refractivity (Wildman–Crippen MR) is 99.4 cm³/mol. The monoisotopic (exact) mass is 408 g/mol. The van der Waals surface area contributed by atoms with E-state index in [-0.39, 0.29) is 24.0 Å². The van der Waals surface area contributed by atoms with Crippen molar-refractivity contribution in [2.24, 2.45) is 4.99 Å². The lowest BCUT2D eigenvalue weighted by molar-refractivity contribution is 0.732. The summed E-state index contributed by atoms with van der Waals surface area (Å²) in [6, 6.07) is 0. The first-order valence-electron chi connectivity index (χ1n) is 6.80. The van der Waals surface area contributed by atoms with Gasteiger partial charge in [0.25, 0.3) is 0 Å². The maximum absolute atomic E-state index is 4.52. The SMILES string of the molecule is C=CCNC(=NCCCCc1nc(C)cs1)NCC.I. The number of aromatic nitrogens is 1. The van der Waals surface area contributed by atoms with Gasteiger partial charge in [-0.25, -0.2) is 4.98 Å². The number of unbranched alkanes of at least 4 members (excludes halogenated alkanes) is 1. The Hall–Kier alpha value is -0.630. The maximum Gasteiger partial charge on any atom is 0.191 e. The van der Waals surface area contributed by atoms with Crippen molar-refractivity contribution < 1.29 is 0 Å². The van der Waals surface area contributed by atoms with Gasteiger partial charge in [0.05, 0.1) is 5.01 Å². The first kappa shape index (κ1) is 19.4. The van der Waals surface area contributed by atoms with Crippen LogP contribution in [0.3, 0.4) is 0 Å². The number of aryl methyl sites for hydroxylation is 2. The summed E-state index contributed by atoms with van der Waals surface area (Å²) in [5, 5.41) is 9.74. The van der Waals surface area contributed by atoms with E-state index in [0.29, 0.717) is 0 Å². The molecule has 0 aliphatic rings. The summed E-state index contributed by atoms with van der Waals surface area (Å²) >= 11 is 1.75. The lowest BCUT2D eigenvalue weighted by Crippen LogP contribution is -2.37. The molecule has 0 fully saturated rings. The summed E-state index contributed by atoms with van der Waals surface area (Å²) in [4.78, 5) is 8.98. The number of hydrogen-bond acceptors (Lipinski definition) is 3. The summed E-state index contributed by atoms with van der Waals surface area (Å²) in [5.41, 5.74) is 1.13. The fraction of sp³-hybridized carbons (Fsp3) is 0.571. The zero-order chi connectivity index (χ0) is 13.9. The van der Waals surface area contributed by atoms with Crippen molar-refractivity contribution in [2.45, 2.75) is 33.1 Å². The molecule has 0 saturated carbocycles. The summed E-state index contributed by atoms with van der Waals surface area (Å²) in [7, 11) is 0. The van der Waals surface area contributed by atoms with Gasteiger partial charge in [0.1, 0.15) is 0 Å². The van der Waals surface area contributed by atoms with Crippen LogP contribution in [0, 0.1) is 6.92 Å². The van der Waals surface area contributed by atoms with Crippen LogP contribution in [-0.4, -0.2) is 30.6 Å². The molecule has 6 heteroatoms. The molecule has 0 aliphatic carbocycles. The van der Waals surface area contributed by atoms with Crippen molar-refractivity contribution in [1.82, 2.24) is 15.6 Å². The largest absolute Gasteiger partial charge is 0.357 e. The van der Waals surface area contributed by atoms with Crippen LogP contribution in [0.15, 0.2) is 23.0 Å². The molecule has 0 spiro atoms. The minimum atomic E-state index is 0. The van der Waals surface area contributed by atoms with Crippen LogP contribution < -0.4 is 10.6 Å². The predicted octanol–water partition coefficient (Wildman–Crippen LogP) is 3.13. The zero-order valence-electron chi connectivity index (χ0n) is 12.3. The molecule has 0 aliphatic heterocycles. The Morgan fingerprint density at radius 3 is 2.85 bits per heavy atom. The highest BCUT2D eigenvalue weighted by Gasteiger charge is 1.98. The average molecular weight is 408 g/mol. The molecule has 0 amide bonds. The molecule has 114 valence electrons. The Labute approximate surface area is 143 Å². The minimum Gasteiger partial charge on any atom is -0.357 e. The number of guanidine groups is 1. The van der Waals surface area contributed by atoms with Gasteiger partial charge in [0.15, 0.2) is 5.96 Å². The average Bonchev–Trinajstić information content (AvgIpc) is 2.81. The molecule has 1 aromatic heterocycles. The molecular weight excluding hydrogens is 383 g/mol. The maximum atomic E-state index is 4.52. The number of nitrogens with one attached hydrogen (secondary N) is 2. The molecule has 1 heterocycles. The van der Waals surface area contributed by atoms with Gasteiger partial charge >= 0.3 is 0 Å². The highest BCUT2D eigenvalue weighted by Crippen LogP contribution is 2.11. The van der Waals surface area contributed by atoms with Gasteiger partial charge in [-0.2, -0.15) is 0 Å². The van der Waals surface area contributed by atoms with Crippen LogP contribution in [0.2, 0.25) is 0 Å². The van der Waals surface area contributed by atoms with Crippen LogP contribution in [-0.2, 0) is 6.42 Å². The van der Waals surface area contributed by atoms with E-state index in [2.05, 4.69) is 39.5 Å². The van der Waals surface area contributed by atoms with E-state index in [1.165, 1.54) is 5.01 Å². The number of aliphatic imine (C=N–C) groups is 1.